The van der Waals surface area contributed by atoms with Crippen LogP contribution in [-0.4, -0.2) is 45.8 Å². The van der Waals surface area contributed by atoms with Crippen molar-refractivity contribution in [2.45, 2.75) is 44.6 Å². The molecule has 2 aliphatic rings. The lowest BCUT2D eigenvalue weighted by Crippen LogP contribution is -2.40. The number of hydrogen-bond donors (Lipinski definition) is 2. The van der Waals surface area contributed by atoms with E-state index in [-0.39, 0.29) is 11.8 Å². The number of hydrogen-bond acceptors (Lipinski definition) is 6. The van der Waals surface area contributed by atoms with E-state index >= 15 is 0 Å². The Morgan fingerprint density at radius 3 is 2.92 bits per heavy atom. The van der Waals surface area contributed by atoms with Gasteiger partial charge in [0.05, 0.1) is 7.11 Å². The number of ether oxygens (including phenoxy) is 1. The van der Waals surface area contributed by atoms with Gasteiger partial charge in [0.1, 0.15) is 11.4 Å². The number of carbonyl (C=O) groups is 1. The second kappa shape index (κ2) is 7.03. The number of carbonyl (C=O) groups excluding carboxylic acids is 1. The molecule has 0 bridgehead atoms. The van der Waals surface area contributed by atoms with E-state index in [1.54, 1.807) is 11.8 Å². The molecule has 1 aliphatic carbocycles. The van der Waals surface area contributed by atoms with Crippen molar-refractivity contribution in [1.82, 2.24) is 25.5 Å². The molecule has 138 valence electrons. The van der Waals surface area contributed by atoms with Crippen LogP contribution in [0.25, 0.3) is 5.69 Å². The minimum absolute atomic E-state index is 0.0341. The highest BCUT2D eigenvalue weighted by Gasteiger charge is 2.31. The zero-order valence-electron chi connectivity index (χ0n) is 15.1. The summed E-state index contributed by atoms with van der Waals surface area (Å²) in [6.07, 6.45) is 3.92. The quantitative estimate of drug-likeness (QED) is 0.849. The molecule has 1 amide bonds. The van der Waals surface area contributed by atoms with Gasteiger partial charge in [0, 0.05) is 23.6 Å². The Bertz CT molecular complexity index is 801. The van der Waals surface area contributed by atoms with Gasteiger partial charge in [-0.15, -0.1) is 5.10 Å². The molecule has 4 rings (SSSR count). The van der Waals surface area contributed by atoms with Crippen molar-refractivity contribution in [3.8, 4) is 11.4 Å². The third-order valence-corrected chi connectivity index (χ3v) is 5.11. The van der Waals surface area contributed by atoms with E-state index in [0.29, 0.717) is 17.7 Å². The molecule has 1 saturated heterocycles. The van der Waals surface area contributed by atoms with E-state index in [0.717, 1.165) is 49.4 Å². The van der Waals surface area contributed by atoms with Gasteiger partial charge < -0.3 is 15.4 Å². The molecule has 1 saturated carbocycles. The zero-order chi connectivity index (χ0) is 18.1. The number of tetrazole rings is 1. The van der Waals surface area contributed by atoms with Crippen molar-refractivity contribution in [3.63, 3.8) is 0 Å². The first kappa shape index (κ1) is 17.0. The Kier molecular flexibility index (Phi) is 4.58. The molecule has 0 unspecified atom stereocenters. The lowest BCUT2D eigenvalue weighted by Gasteiger charge is -2.27. The van der Waals surface area contributed by atoms with Crippen LogP contribution in [0.3, 0.4) is 0 Å². The number of piperidine rings is 1. The molecule has 1 aromatic carbocycles. The summed E-state index contributed by atoms with van der Waals surface area (Å²) in [5.41, 5.74) is 1.48. The summed E-state index contributed by atoms with van der Waals surface area (Å²) in [6.45, 7) is 2.99. The average molecular weight is 356 g/mol. The van der Waals surface area contributed by atoms with E-state index in [4.69, 9.17) is 4.74 Å². The maximum absolute atomic E-state index is 12.6. The maximum atomic E-state index is 12.6. The highest BCUT2D eigenvalue weighted by molar-refractivity contribution is 5.93. The summed E-state index contributed by atoms with van der Waals surface area (Å²) >= 11 is 0. The number of nitrogens with one attached hydrogen (secondary N) is 2. The van der Waals surface area contributed by atoms with E-state index in [1.165, 1.54) is 0 Å². The average Bonchev–Trinajstić information content (AvgIpc) is 3.38. The smallest absolute Gasteiger partial charge is 0.227 e. The Hall–Kier alpha value is -2.48. The van der Waals surface area contributed by atoms with Gasteiger partial charge in [0.15, 0.2) is 5.82 Å². The first-order valence-corrected chi connectivity index (χ1v) is 9.16. The zero-order valence-corrected chi connectivity index (χ0v) is 15.1. The standard InChI is InChI=1S/C18H24N6O2/c1-11-9-13(7-8-19-11)18(25)20-14-5-6-16(26-2)15(10-14)24-17(12-3-4-12)21-22-23-24/h5-6,10-13,19H,3-4,7-9H2,1-2H3,(H,20,25)/t11-,13-/m0/s1. The predicted octanol–water partition coefficient (Wildman–Crippen LogP) is 1.87. The molecule has 2 atom stereocenters. The number of nitrogens with zero attached hydrogens (tertiary/aromatic N) is 4. The van der Waals surface area contributed by atoms with Crippen molar-refractivity contribution < 1.29 is 9.53 Å². The van der Waals surface area contributed by atoms with Gasteiger partial charge in [0.25, 0.3) is 0 Å². The summed E-state index contributed by atoms with van der Waals surface area (Å²) in [5, 5.41) is 18.5. The largest absolute Gasteiger partial charge is 0.494 e. The summed E-state index contributed by atoms with van der Waals surface area (Å²) in [4.78, 5) is 12.6. The molecule has 8 nitrogen and oxygen atoms in total. The molecule has 2 heterocycles. The lowest BCUT2D eigenvalue weighted by atomic mass is 9.92. The Balaban J connectivity index is 1.58. The summed E-state index contributed by atoms with van der Waals surface area (Å²) in [6, 6.07) is 5.94. The van der Waals surface area contributed by atoms with Crippen LogP contribution in [-0.2, 0) is 4.79 Å². The second-order valence-electron chi connectivity index (χ2n) is 7.18. The molecule has 2 N–H and O–H groups in total. The third kappa shape index (κ3) is 3.41. The molecule has 2 aromatic rings. The topological polar surface area (TPSA) is 94.0 Å². The fraction of sp³-hybridized carbons (Fsp3) is 0.556. The van der Waals surface area contributed by atoms with Gasteiger partial charge in [-0.1, -0.05) is 0 Å². The van der Waals surface area contributed by atoms with Crippen molar-refractivity contribution in [2.75, 3.05) is 19.0 Å². The van der Waals surface area contributed by atoms with Gasteiger partial charge in [-0.25, -0.2) is 0 Å². The van der Waals surface area contributed by atoms with E-state index in [9.17, 15) is 4.79 Å². The Morgan fingerprint density at radius 2 is 2.19 bits per heavy atom. The number of methoxy groups -OCH3 is 1. The van der Waals surface area contributed by atoms with Crippen molar-refractivity contribution in [1.29, 1.82) is 0 Å². The molecular formula is C18H24N6O2. The number of aromatic nitrogens is 4. The minimum Gasteiger partial charge on any atom is -0.494 e. The molecule has 0 spiro atoms. The van der Waals surface area contributed by atoms with Crippen LogP contribution < -0.4 is 15.4 Å². The first-order chi connectivity index (χ1) is 12.7. The van der Waals surface area contributed by atoms with Gasteiger partial charge in [0.2, 0.25) is 5.91 Å². The maximum Gasteiger partial charge on any atom is 0.227 e. The van der Waals surface area contributed by atoms with E-state index < -0.39 is 0 Å². The number of rotatable bonds is 5. The van der Waals surface area contributed by atoms with Gasteiger partial charge in [-0.3, -0.25) is 4.79 Å². The van der Waals surface area contributed by atoms with Crippen molar-refractivity contribution in [2.24, 2.45) is 5.92 Å². The fourth-order valence-corrected chi connectivity index (χ4v) is 3.51. The summed E-state index contributed by atoms with van der Waals surface area (Å²) in [7, 11) is 1.62. The van der Waals surface area contributed by atoms with Crippen LogP contribution in [0.1, 0.15) is 44.3 Å². The normalized spacial score (nSPS) is 22.8. The summed E-state index contributed by atoms with van der Waals surface area (Å²) in [5.74, 6) is 2.02. The molecule has 0 radical (unpaired) electrons. The number of amides is 1. The minimum atomic E-state index is 0.0341. The monoisotopic (exact) mass is 356 g/mol. The highest BCUT2D eigenvalue weighted by Crippen LogP contribution is 2.40. The van der Waals surface area contributed by atoms with E-state index in [1.807, 2.05) is 18.2 Å². The molecule has 2 fully saturated rings. The van der Waals surface area contributed by atoms with Crippen LogP contribution in [0.15, 0.2) is 18.2 Å². The third-order valence-electron chi connectivity index (χ3n) is 5.11. The summed E-state index contributed by atoms with van der Waals surface area (Å²) < 4.78 is 7.20. The SMILES string of the molecule is COc1ccc(NC(=O)[C@H]2CCN[C@@H](C)C2)cc1-n1nnnc1C1CC1. The van der Waals surface area contributed by atoms with Gasteiger partial charge >= 0.3 is 0 Å². The van der Waals surface area contributed by atoms with E-state index in [2.05, 4.69) is 33.1 Å². The van der Waals surface area contributed by atoms with Gasteiger partial charge in [-0.2, -0.15) is 4.68 Å². The van der Waals surface area contributed by atoms with Crippen LogP contribution >= 0.6 is 0 Å². The van der Waals surface area contributed by atoms with Crippen molar-refractivity contribution >= 4 is 11.6 Å². The molecule has 1 aliphatic heterocycles. The molecular weight excluding hydrogens is 332 g/mol. The Morgan fingerprint density at radius 1 is 1.35 bits per heavy atom. The molecule has 1 aromatic heterocycles. The second-order valence-corrected chi connectivity index (χ2v) is 7.18. The van der Waals surface area contributed by atoms with Gasteiger partial charge in [-0.05, 0) is 67.8 Å². The van der Waals surface area contributed by atoms with Crippen LogP contribution in [0, 0.1) is 5.92 Å². The predicted molar refractivity (Wildman–Crippen MR) is 96.5 cm³/mol. The van der Waals surface area contributed by atoms with Crippen LogP contribution in [0.2, 0.25) is 0 Å². The highest BCUT2D eigenvalue weighted by atomic mass is 16.5. The lowest BCUT2D eigenvalue weighted by molar-refractivity contribution is -0.120. The number of benzene rings is 1. The molecule has 8 heteroatoms. The fourth-order valence-electron chi connectivity index (χ4n) is 3.51. The number of anilines is 1. The van der Waals surface area contributed by atoms with Crippen LogP contribution in [0.5, 0.6) is 5.75 Å². The van der Waals surface area contributed by atoms with Crippen LogP contribution in [0.4, 0.5) is 5.69 Å². The Labute approximate surface area is 152 Å². The first-order valence-electron chi connectivity index (χ1n) is 9.16. The molecule has 26 heavy (non-hydrogen) atoms. The van der Waals surface area contributed by atoms with Crippen molar-refractivity contribution in [3.05, 3.63) is 24.0 Å².